The van der Waals surface area contributed by atoms with E-state index in [4.69, 9.17) is 9.47 Å². The van der Waals surface area contributed by atoms with Crippen molar-refractivity contribution in [3.8, 4) is 11.5 Å². The van der Waals surface area contributed by atoms with Gasteiger partial charge in [-0.1, -0.05) is 24.3 Å². The standard InChI is InChI=1S/C20H22N2O3/c1-24-16-8-6-15(7-9-16)14-22-12-10-20(11-13-22)21-19(23)17-4-2-3-5-18(17)25-20/h2-9H,10-14H2,1H3,(H,21,23). The van der Waals surface area contributed by atoms with Gasteiger partial charge in [0.2, 0.25) is 0 Å². The quantitative estimate of drug-likeness (QED) is 0.935. The number of rotatable bonds is 3. The van der Waals surface area contributed by atoms with Gasteiger partial charge in [-0.25, -0.2) is 0 Å². The summed E-state index contributed by atoms with van der Waals surface area (Å²) in [5, 5.41) is 3.08. The molecule has 2 aliphatic heterocycles. The van der Waals surface area contributed by atoms with E-state index in [0.717, 1.165) is 38.2 Å². The molecule has 1 spiro atoms. The van der Waals surface area contributed by atoms with Gasteiger partial charge in [-0.05, 0) is 29.8 Å². The molecule has 5 heteroatoms. The summed E-state index contributed by atoms with van der Waals surface area (Å²) in [6.07, 6.45) is 1.56. The molecule has 2 aromatic rings. The van der Waals surface area contributed by atoms with Crippen molar-refractivity contribution >= 4 is 5.91 Å². The van der Waals surface area contributed by atoms with E-state index in [1.165, 1.54) is 5.56 Å². The zero-order valence-corrected chi connectivity index (χ0v) is 14.3. The van der Waals surface area contributed by atoms with Gasteiger partial charge in [0.25, 0.3) is 5.91 Å². The van der Waals surface area contributed by atoms with Crippen LogP contribution in [0.4, 0.5) is 0 Å². The highest BCUT2D eigenvalue weighted by Gasteiger charge is 2.42. The molecule has 0 radical (unpaired) electrons. The maximum absolute atomic E-state index is 12.4. The molecule has 25 heavy (non-hydrogen) atoms. The number of nitrogens with zero attached hydrogens (tertiary/aromatic N) is 1. The number of carbonyl (C=O) groups is 1. The maximum atomic E-state index is 12.4. The molecule has 0 atom stereocenters. The van der Waals surface area contributed by atoms with Crippen molar-refractivity contribution in [1.29, 1.82) is 0 Å². The number of nitrogens with one attached hydrogen (secondary N) is 1. The average Bonchev–Trinajstić information content (AvgIpc) is 2.64. The summed E-state index contributed by atoms with van der Waals surface area (Å²) in [7, 11) is 1.68. The summed E-state index contributed by atoms with van der Waals surface area (Å²) in [6.45, 7) is 2.66. The number of hydrogen-bond donors (Lipinski definition) is 1. The van der Waals surface area contributed by atoms with Gasteiger partial charge >= 0.3 is 0 Å². The second-order valence-corrected chi connectivity index (χ2v) is 6.67. The van der Waals surface area contributed by atoms with Crippen LogP contribution in [0.25, 0.3) is 0 Å². The van der Waals surface area contributed by atoms with E-state index in [-0.39, 0.29) is 5.91 Å². The normalized spacial score (nSPS) is 19.0. The van der Waals surface area contributed by atoms with Crippen molar-refractivity contribution in [1.82, 2.24) is 10.2 Å². The second-order valence-electron chi connectivity index (χ2n) is 6.67. The molecule has 2 heterocycles. The number of hydrogen-bond acceptors (Lipinski definition) is 4. The molecule has 1 fully saturated rings. The summed E-state index contributed by atoms with van der Waals surface area (Å²) >= 11 is 0. The Hall–Kier alpha value is -2.53. The Morgan fingerprint density at radius 3 is 2.56 bits per heavy atom. The number of ether oxygens (including phenoxy) is 2. The van der Waals surface area contributed by atoms with Crippen LogP contribution in [0.15, 0.2) is 48.5 Å². The van der Waals surface area contributed by atoms with E-state index in [2.05, 4.69) is 22.3 Å². The van der Waals surface area contributed by atoms with Gasteiger partial charge in [-0.3, -0.25) is 9.69 Å². The molecule has 5 nitrogen and oxygen atoms in total. The Labute approximate surface area is 147 Å². The Balaban J connectivity index is 1.40. The average molecular weight is 338 g/mol. The number of para-hydroxylation sites is 1. The van der Waals surface area contributed by atoms with Gasteiger partial charge in [-0.2, -0.15) is 0 Å². The van der Waals surface area contributed by atoms with Gasteiger partial charge in [0, 0.05) is 32.5 Å². The van der Waals surface area contributed by atoms with E-state index >= 15 is 0 Å². The summed E-state index contributed by atoms with van der Waals surface area (Å²) in [5.41, 5.74) is 1.31. The Kier molecular flexibility index (Phi) is 4.09. The second kappa shape index (κ2) is 6.41. The molecule has 1 saturated heterocycles. The van der Waals surface area contributed by atoms with Gasteiger partial charge in [0.15, 0.2) is 5.72 Å². The molecule has 1 N–H and O–H groups in total. The van der Waals surface area contributed by atoms with Crippen molar-refractivity contribution in [2.24, 2.45) is 0 Å². The van der Waals surface area contributed by atoms with Crippen LogP contribution in [-0.4, -0.2) is 36.7 Å². The van der Waals surface area contributed by atoms with Gasteiger partial charge in [-0.15, -0.1) is 0 Å². The molecule has 1 amide bonds. The molecule has 130 valence electrons. The SMILES string of the molecule is COc1ccc(CN2CCC3(CC2)NC(=O)c2ccccc2O3)cc1. The van der Waals surface area contributed by atoms with E-state index < -0.39 is 5.72 Å². The van der Waals surface area contributed by atoms with Crippen molar-refractivity contribution in [2.45, 2.75) is 25.1 Å². The van der Waals surface area contributed by atoms with Crippen molar-refractivity contribution in [3.05, 3.63) is 59.7 Å². The van der Waals surface area contributed by atoms with Crippen molar-refractivity contribution < 1.29 is 14.3 Å². The zero-order chi connectivity index (χ0) is 17.3. The van der Waals surface area contributed by atoms with Crippen LogP contribution in [0.5, 0.6) is 11.5 Å². The van der Waals surface area contributed by atoms with Gasteiger partial charge in [0.05, 0.1) is 12.7 Å². The number of fused-ring (bicyclic) bond motifs is 1. The summed E-state index contributed by atoms with van der Waals surface area (Å²) in [4.78, 5) is 14.8. The van der Waals surface area contributed by atoms with E-state index in [0.29, 0.717) is 11.3 Å². The molecule has 0 bridgehead atoms. The van der Waals surface area contributed by atoms with Crippen LogP contribution in [0.3, 0.4) is 0 Å². The molecule has 0 aliphatic carbocycles. The smallest absolute Gasteiger partial charge is 0.258 e. The fourth-order valence-corrected chi connectivity index (χ4v) is 3.54. The molecular weight excluding hydrogens is 316 g/mol. The lowest BCUT2D eigenvalue weighted by atomic mass is 9.96. The predicted octanol–water partition coefficient (Wildman–Crippen LogP) is 2.81. The Morgan fingerprint density at radius 1 is 1.12 bits per heavy atom. The first kappa shape index (κ1) is 16.0. The lowest BCUT2D eigenvalue weighted by molar-refractivity contribution is -0.0304. The van der Waals surface area contributed by atoms with Crippen LogP contribution >= 0.6 is 0 Å². The number of benzene rings is 2. The number of likely N-dealkylation sites (tertiary alicyclic amines) is 1. The first-order chi connectivity index (χ1) is 12.2. The fraction of sp³-hybridized carbons (Fsp3) is 0.350. The maximum Gasteiger partial charge on any atom is 0.258 e. The minimum absolute atomic E-state index is 0.0366. The highest BCUT2D eigenvalue weighted by atomic mass is 16.5. The number of piperidine rings is 1. The third-order valence-corrected chi connectivity index (χ3v) is 5.01. The third kappa shape index (κ3) is 3.20. The molecule has 2 aliphatic rings. The number of carbonyl (C=O) groups excluding carboxylic acids is 1. The van der Waals surface area contributed by atoms with E-state index in [9.17, 15) is 4.79 Å². The van der Waals surface area contributed by atoms with Crippen LogP contribution in [0.2, 0.25) is 0 Å². The van der Waals surface area contributed by atoms with E-state index in [1.807, 2.05) is 30.3 Å². The van der Waals surface area contributed by atoms with Crippen LogP contribution in [-0.2, 0) is 6.54 Å². The van der Waals surface area contributed by atoms with Crippen LogP contribution in [0.1, 0.15) is 28.8 Å². The fourth-order valence-electron chi connectivity index (χ4n) is 3.54. The molecule has 4 rings (SSSR count). The zero-order valence-electron chi connectivity index (χ0n) is 14.3. The highest BCUT2D eigenvalue weighted by molar-refractivity contribution is 5.98. The summed E-state index contributed by atoms with van der Waals surface area (Å²) in [5.74, 6) is 1.53. The Morgan fingerprint density at radius 2 is 1.84 bits per heavy atom. The van der Waals surface area contributed by atoms with E-state index in [1.54, 1.807) is 13.2 Å². The third-order valence-electron chi connectivity index (χ3n) is 5.01. The van der Waals surface area contributed by atoms with Crippen LogP contribution in [0, 0.1) is 0 Å². The molecule has 0 aromatic heterocycles. The van der Waals surface area contributed by atoms with Gasteiger partial charge in [0.1, 0.15) is 11.5 Å². The van der Waals surface area contributed by atoms with Crippen molar-refractivity contribution in [3.63, 3.8) is 0 Å². The number of methoxy groups -OCH3 is 1. The lowest BCUT2D eigenvalue weighted by Crippen LogP contribution is -2.60. The van der Waals surface area contributed by atoms with Crippen LogP contribution < -0.4 is 14.8 Å². The minimum Gasteiger partial charge on any atom is -0.497 e. The lowest BCUT2D eigenvalue weighted by Gasteiger charge is -2.44. The predicted molar refractivity (Wildman–Crippen MR) is 94.8 cm³/mol. The molecule has 0 unspecified atom stereocenters. The van der Waals surface area contributed by atoms with Crippen molar-refractivity contribution in [2.75, 3.05) is 20.2 Å². The topological polar surface area (TPSA) is 50.8 Å². The largest absolute Gasteiger partial charge is 0.497 e. The summed E-state index contributed by atoms with van der Waals surface area (Å²) < 4.78 is 11.4. The number of amides is 1. The monoisotopic (exact) mass is 338 g/mol. The molecule has 0 saturated carbocycles. The highest BCUT2D eigenvalue weighted by Crippen LogP contribution is 2.33. The first-order valence-corrected chi connectivity index (χ1v) is 8.63. The summed E-state index contributed by atoms with van der Waals surface area (Å²) in [6, 6.07) is 15.6. The molecular formula is C20H22N2O3. The molecule has 2 aromatic carbocycles. The van der Waals surface area contributed by atoms with Gasteiger partial charge < -0.3 is 14.8 Å². The Bertz CT molecular complexity index is 765. The first-order valence-electron chi connectivity index (χ1n) is 8.63. The minimum atomic E-state index is -0.568.